The van der Waals surface area contributed by atoms with Crippen molar-refractivity contribution < 1.29 is 19.4 Å². The van der Waals surface area contributed by atoms with Crippen LogP contribution in [-0.4, -0.2) is 34.7 Å². The summed E-state index contributed by atoms with van der Waals surface area (Å²) in [4.78, 5) is 24.3. The van der Waals surface area contributed by atoms with Gasteiger partial charge in [0.2, 0.25) is 0 Å². The predicted molar refractivity (Wildman–Crippen MR) is 188 cm³/mol. The van der Waals surface area contributed by atoms with Gasteiger partial charge in [-0.2, -0.15) is 0 Å². The fraction of sp³-hybridized carbons (Fsp3) is 0.842. The summed E-state index contributed by atoms with van der Waals surface area (Å²) in [5.41, 5.74) is 5.88. The monoisotopic (exact) mass is 646 g/mol. The number of carbonyl (C=O) groups is 2. The van der Waals surface area contributed by atoms with Gasteiger partial charge >= 0.3 is 11.9 Å². The highest BCUT2D eigenvalue weighted by Gasteiger charge is 2.63. The molecule has 0 radical (unpaired) electrons. The molecule has 2 saturated carbocycles. The lowest BCUT2D eigenvalue weighted by atomic mass is 9.43. The van der Waals surface area contributed by atoms with Crippen LogP contribution < -0.4 is 0 Å². The maximum atomic E-state index is 13.2. The summed E-state index contributed by atoms with van der Waals surface area (Å²) >= 11 is 0. The van der Waals surface area contributed by atoms with Crippen molar-refractivity contribution in [2.75, 3.05) is 11.5 Å². The van der Waals surface area contributed by atoms with E-state index in [-0.39, 0.29) is 34.7 Å². The Labute approximate surface area is 277 Å². The second kappa shape index (κ2) is 13.7. The number of hydrogen-bond acceptors (Lipinski definition) is 5. The van der Waals surface area contributed by atoms with Crippen LogP contribution in [-0.2, 0) is 14.3 Å². The first-order valence-electron chi connectivity index (χ1n) is 17.5. The number of carboxylic acids is 1. The Balaban J connectivity index is 1.44. The van der Waals surface area contributed by atoms with Crippen molar-refractivity contribution in [1.29, 1.82) is 0 Å². The smallest absolute Gasteiger partial charge is 0.309 e. The minimum absolute atomic E-state index is 0.0516. The Morgan fingerprint density at radius 3 is 2.20 bits per heavy atom. The van der Waals surface area contributed by atoms with Crippen LogP contribution in [0.2, 0.25) is 0 Å². The van der Waals surface area contributed by atoms with E-state index in [1.54, 1.807) is 23.3 Å². The molecule has 0 aromatic heterocycles. The number of allylic oxidation sites excluding steroid dienone is 4. The number of fused-ring (bicyclic) bond motifs is 4. The first-order chi connectivity index (χ1) is 20.5. The van der Waals surface area contributed by atoms with Gasteiger partial charge in [0.15, 0.2) is 0 Å². The summed E-state index contributed by atoms with van der Waals surface area (Å²) in [6.07, 6.45) is 14.6. The molecule has 0 aliphatic heterocycles. The second-order valence-corrected chi connectivity index (χ2v) is 19.2. The third-order valence-corrected chi connectivity index (χ3v) is 16.2. The Morgan fingerprint density at radius 1 is 0.909 bits per heavy atom. The summed E-state index contributed by atoms with van der Waals surface area (Å²) in [5.74, 6) is 1.83. The van der Waals surface area contributed by atoms with Gasteiger partial charge in [0.05, 0.1) is 11.8 Å². The zero-order valence-electron chi connectivity index (χ0n) is 29.5. The highest BCUT2D eigenvalue weighted by atomic mass is 33.1. The maximum absolute atomic E-state index is 13.2. The third kappa shape index (κ3) is 6.60. The van der Waals surface area contributed by atoms with Gasteiger partial charge in [-0.3, -0.25) is 9.59 Å². The second-order valence-electron chi connectivity index (χ2n) is 16.7. The van der Waals surface area contributed by atoms with Crippen LogP contribution in [0.25, 0.3) is 0 Å². The molecule has 0 bridgehead atoms. The average molecular weight is 647 g/mol. The van der Waals surface area contributed by atoms with Gasteiger partial charge in [0.1, 0.15) is 6.10 Å². The Kier molecular flexibility index (Phi) is 11.2. The fourth-order valence-corrected chi connectivity index (χ4v) is 13.0. The first kappa shape index (κ1) is 36.0. The highest BCUT2D eigenvalue weighted by molar-refractivity contribution is 8.76. The van der Waals surface area contributed by atoms with Crippen molar-refractivity contribution in [3.8, 4) is 0 Å². The van der Waals surface area contributed by atoms with Crippen molar-refractivity contribution in [2.45, 2.75) is 140 Å². The van der Waals surface area contributed by atoms with Crippen LogP contribution in [0.15, 0.2) is 22.8 Å². The van der Waals surface area contributed by atoms with E-state index in [2.05, 4.69) is 61.5 Å². The summed E-state index contributed by atoms with van der Waals surface area (Å²) in [7, 11) is 3.12. The lowest BCUT2D eigenvalue weighted by molar-refractivity contribution is -0.173. The number of esters is 1. The van der Waals surface area contributed by atoms with Crippen molar-refractivity contribution in [1.82, 2.24) is 0 Å². The van der Waals surface area contributed by atoms with E-state index in [0.29, 0.717) is 28.3 Å². The summed E-state index contributed by atoms with van der Waals surface area (Å²) < 4.78 is 6.33. The van der Waals surface area contributed by atoms with Gasteiger partial charge in [-0.1, -0.05) is 99.8 Å². The topological polar surface area (TPSA) is 63.6 Å². The van der Waals surface area contributed by atoms with Gasteiger partial charge in [-0.25, -0.2) is 0 Å². The van der Waals surface area contributed by atoms with Gasteiger partial charge < -0.3 is 9.84 Å². The fourth-order valence-electron chi connectivity index (χ4n) is 10.4. The Morgan fingerprint density at radius 2 is 1.57 bits per heavy atom. The molecule has 0 aromatic rings. The van der Waals surface area contributed by atoms with Crippen LogP contribution in [0.3, 0.4) is 0 Å². The lowest BCUT2D eigenvalue weighted by Gasteiger charge is -2.62. The molecule has 4 aliphatic rings. The zero-order valence-corrected chi connectivity index (χ0v) is 31.1. The largest absolute Gasteiger partial charge is 0.481 e. The van der Waals surface area contributed by atoms with E-state index >= 15 is 0 Å². The Bertz CT molecular complexity index is 1140. The van der Waals surface area contributed by atoms with Gasteiger partial charge in [-0.15, -0.1) is 0 Å². The molecular formula is C38H62O4S2. The lowest BCUT2D eigenvalue weighted by Crippen LogP contribution is -2.56. The normalized spacial score (nSPS) is 36.4. The maximum Gasteiger partial charge on any atom is 0.309 e. The summed E-state index contributed by atoms with van der Waals surface area (Å²) in [6.45, 7) is 23.3. The van der Waals surface area contributed by atoms with Crippen LogP contribution >= 0.6 is 21.6 Å². The zero-order chi connectivity index (χ0) is 32.7. The number of hydrogen-bond donors (Lipinski definition) is 1. The van der Waals surface area contributed by atoms with Crippen LogP contribution in [0.4, 0.5) is 0 Å². The molecule has 0 heterocycles. The average Bonchev–Trinajstić information content (AvgIpc) is 3.23. The molecule has 2 fully saturated rings. The highest BCUT2D eigenvalue weighted by Crippen LogP contribution is 2.72. The summed E-state index contributed by atoms with van der Waals surface area (Å²) in [6, 6.07) is 0. The number of carboxylic acid groups (broad SMARTS) is 1. The van der Waals surface area contributed by atoms with Crippen LogP contribution in [0, 0.1) is 51.2 Å². The first-order valence-corrected chi connectivity index (χ1v) is 20.0. The molecule has 44 heavy (non-hydrogen) atoms. The van der Waals surface area contributed by atoms with E-state index in [4.69, 9.17) is 9.84 Å². The molecule has 0 saturated heterocycles. The Hall–Kier alpha value is -0.880. The molecule has 0 spiro atoms. The molecule has 250 valence electrons. The van der Waals surface area contributed by atoms with E-state index in [0.717, 1.165) is 24.7 Å². The molecule has 0 amide bonds. The molecular weight excluding hydrogens is 585 g/mol. The molecule has 4 aliphatic carbocycles. The number of aliphatic carboxylic acids is 1. The van der Waals surface area contributed by atoms with Gasteiger partial charge in [-0.05, 0) is 112 Å². The molecule has 3 unspecified atom stereocenters. The molecule has 6 heteroatoms. The minimum Gasteiger partial charge on any atom is -0.481 e. The van der Waals surface area contributed by atoms with Gasteiger partial charge in [0, 0.05) is 16.9 Å². The van der Waals surface area contributed by atoms with Crippen molar-refractivity contribution in [3.63, 3.8) is 0 Å². The molecule has 1 N–H and O–H groups in total. The molecule has 4 nitrogen and oxygen atoms in total. The predicted octanol–water partition coefficient (Wildman–Crippen LogP) is 10.8. The van der Waals surface area contributed by atoms with Crippen molar-refractivity contribution >= 4 is 33.5 Å². The quantitative estimate of drug-likeness (QED) is 0.0985. The third-order valence-electron chi connectivity index (χ3n) is 13.4. The van der Waals surface area contributed by atoms with Crippen molar-refractivity contribution in [3.05, 3.63) is 22.8 Å². The van der Waals surface area contributed by atoms with E-state index in [9.17, 15) is 9.59 Å². The van der Waals surface area contributed by atoms with Crippen LogP contribution in [0.1, 0.15) is 133 Å². The number of ether oxygens (including phenoxy) is 1. The van der Waals surface area contributed by atoms with Crippen molar-refractivity contribution in [2.24, 2.45) is 51.2 Å². The van der Waals surface area contributed by atoms with Gasteiger partial charge in [0.25, 0.3) is 0 Å². The van der Waals surface area contributed by atoms with E-state index in [1.165, 1.54) is 67.7 Å². The SMILES string of the molecule is CC(C)=CCC[C@@H](C)[C@H]1CC[C@@]2(C)C3=C(CC[C@]12C)[C@@]1(C)CCC(OC(=O)C(C)CSSCC(C)C(=O)O)C(C)(C)[C@@H]1CC3. The van der Waals surface area contributed by atoms with E-state index in [1.807, 2.05) is 12.5 Å². The standard InChI is InChI=1S/C38H62O4S2/c1-24(2)12-11-13-25(3)28-16-20-38(10)30-14-15-31-35(6,7)32(18-19-36(31,8)29(30)17-21-37(28,38)9)42-34(41)27(5)23-44-43-22-26(4)33(39)40/h12,25-28,31-32H,11,13-23H2,1-10H3,(H,39,40)/t25-,26?,27?,28-,31+,32?,36-,37-,38+/m1/s1. The molecule has 0 aromatic carbocycles. The van der Waals surface area contributed by atoms with E-state index < -0.39 is 5.97 Å². The van der Waals surface area contributed by atoms with Crippen LogP contribution in [0.5, 0.6) is 0 Å². The minimum atomic E-state index is -0.771. The molecule has 4 rings (SSSR count). The number of rotatable bonds is 12. The summed E-state index contributed by atoms with van der Waals surface area (Å²) in [5, 5.41) is 9.11. The number of carbonyl (C=O) groups excluding carboxylic acids is 1. The molecule has 9 atom stereocenters.